The van der Waals surface area contributed by atoms with Crippen LogP contribution >= 0.6 is 12.4 Å². The van der Waals surface area contributed by atoms with Gasteiger partial charge in [0.05, 0.1) is 6.54 Å². The van der Waals surface area contributed by atoms with Crippen LogP contribution in [0.5, 0.6) is 0 Å². The number of aromatic nitrogens is 1. The molecule has 3 rings (SSSR count). The van der Waals surface area contributed by atoms with Crippen LogP contribution in [0.4, 0.5) is 0 Å². The Morgan fingerprint density at radius 3 is 2.44 bits per heavy atom. The minimum absolute atomic E-state index is 0. The number of nitrogens with one attached hydrogen (secondary N) is 2. The van der Waals surface area contributed by atoms with Crippen molar-refractivity contribution in [3.63, 3.8) is 0 Å². The summed E-state index contributed by atoms with van der Waals surface area (Å²) < 4.78 is 7.20. The smallest absolute Gasteiger partial charge is 0.252 e. The number of piperidine rings is 1. The summed E-state index contributed by atoms with van der Waals surface area (Å²) in [6.45, 7) is 2.57. The number of halogens is 1. The second-order valence-corrected chi connectivity index (χ2v) is 6.61. The van der Waals surface area contributed by atoms with Crippen molar-refractivity contribution in [1.29, 1.82) is 0 Å². The molecule has 0 radical (unpaired) electrons. The van der Waals surface area contributed by atoms with Gasteiger partial charge in [0.2, 0.25) is 0 Å². The predicted octanol–water partition coefficient (Wildman–Crippen LogP) is 1.70. The molecule has 6 nitrogen and oxygen atoms in total. The number of pyridine rings is 1. The van der Waals surface area contributed by atoms with Gasteiger partial charge in [0.25, 0.3) is 11.5 Å². The quantitative estimate of drug-likeness (QED) is 0.786. The Kier molecular flexibility index (Phi) is 7.59. The van der Waals surface area contributed by atoms with Crippen molar-refractivity contribution in [2.75, 3.05) is 20.2 Å². The molecule has 1 saturated heterocycles. The molecule has 0 unspecified atom stereocenters. The van der Waals surface area contributed by atoms with E-state index in [9.17, 15) is 9.59 Å². The minimum Gasteiger partial charge on any atom is -0.368 e. The molecule has 1 fully saturated rings. The van der Waals surface area contributed by atoms with Crippen LogP contribution in [0.2, 0.25) is 0 Å². The highest BCUT2D eigenvalue weighted by atomic mass is 35.5. The molecule has 2 aromatic rings. The molecule has 0 spiro atoms. The van der Waals surface area contributed by atoms with Crippen LogP contribution < -0.4 is 16.2 Å². The van der Waals surface area contributed by atoms with E-state index in [0.29, 0.717) is 25.9 Å². The Balaban J connectivity index is 0.00000261. The van der Waals surface area contributed by atoms with Crippen molar-refractivity contribution in [1.82, 2.24) is 15.2 Å². The van der Waals surface area contributed by atoms with Crippen molar-refractivity contribution in [3.05, 3.63) is 70.1 Å². The van der Waals surface area contributed by atoms with Crippen molar-refractivity contribution in [2.45, 2.75) is 31.5 Å². The van der Waals surface area contributed by atoms with E-state index in [1.807, 2.05) is 30.3 Å². The number of methoxy groups -OCH3 is 1. The molecule has 0 saturated carbocycles. The van der Waals surface area contributed by atoms with E-state index in [4.69, 9.17) is 4.74 Å². The molecule has 0 aliphatic carbocycles. The molecular weight excluding hydrogens is 366 g/mol. The molecule has 2 N–H and O–H groups in total. The van der Waals surface area contributed by atoms with Gasteiger partial charge in [-0.3, -0.25) is 9.59 Å². The van der Waals surface area contributed by atoms with E-state index in [1.54, 1.807) is 30.0 Å². The van der Waals surface area contributed by atoms with Crippen LogP contribution in [0.1, 0.15) is 24.0 Å². The highest BCUT2D eigenvalue weighted by molar-refractivity contribution is 5.85. The van der Waals surface area contributed by atoms with Crippen LogP contribution in [0.3, 0.4) is 0 Å². The van der Waals surface area contributed by atoms with E-state index in [2.05, 4.69) is 10.6 Å². The third-order valence-corrected chi connectivity index (χ3v) is 4.94. The van der Waals surface area contributed by atoms with Gasteiger partial charge in [-0.15, -0.1) is 12.4 Å². The Morgan fingerprint density at radius 1 is 1.15 bits per heavy atom. The van der Waals surface area contributed by atoms with Gasteiger partial charge in [-0.05, 0) is 43.1 Å². The summed E-state index contributed by atoms with van der Waals surface area (Å²) in [5.74, 6) is -0.0542. The molecule has 7 heteroatoms. The number of hydrogen-bond acceptors (Lipinski definition) is 4. The van der Waals surface area contributed by atoms with Crippen LogP contribution in [-0.2, 0) is 22.6 Å². The largest absolute Gasteiger partial charge is 0.368 e. The number of carbonyl (C=O) groups excluding carboxylic acids is 1. The molecule has 1 aromatic heterocycles. The number of hydrogen-bond donors (Lipinski definition) is 2. The lowest BCUT2D eigenvalue weighted by Gasteiger charge is -2.34. The molecule has 0 bridgehead atoms. The maximum absolute atomic E-state index is 12.6. The summed E-state index contributed by atoms with van der Waals surface area (Å²) in [7, 11) is 1.60. The standard InChI is InChI=1S/C20H25N3O3.ClH/c1-26-20(9-11-21-12-10-20)19(25)22-14-16-5-7-17(8-6-16)15-23-13-3-2-4-18(23)24;/h2-8,13,21H,9-12,14-15H2,1H3,(H,22,25);1H. The summed E-state index contributed by atoms with van der Waals surface area (Å²) in [4.78, 5) is 24.3. The molecule has 1 aliphatic rings. The molecule has 1 aliphatic heterocycles. The molecule has 0 atom stereocenters. The molecule has 27 heavy (non-hydrogen) atoms. The summed E-state index contributed by atoms with van der Waals surface area (Å²) in [5, 5.41) is 6.24. The maximum atomic E-state index is 12.6. The summed E-state index contributed by atoms with van der Waals surface area (Å²) in [5.41, 5.74) is 1.32. The van der Waals surface area contributed by atoms with Crippen LogP contribution in [0, 0.1) is 0 Å². The van der Waals surface area contributed by atoms with Gasteiger partial charge in [0.1, 0.15) is 5.60 Å². The molecule has 1 amide bonds. The number of amides is 1. The fourth-order valence-electron chi connectivity index (χ4n) is 3.25. The van der Waals surface area contributed by atoms with Crippen molar-refractivity contribution < 1.29 is 9.53 Å². The van der Waals surface area contributed by atoms with Gasteiger partial charge < -0.3 is 19.9 Å². The first-order valence-corrected chi connectivity index (χ1v) is 8.90. The average molecular weight is 392 g/mol. The van der Waals surface area contributed by atoms with Crippen molar-refractivity contribution in [3.8, 4) is 0 Å². The minimum atomic E-state index is -0.723. The first kappa shape index (κ1) is 21.2. The Labute approximate surface area is 165 Å². The lowest BCUT2D eigenvalue weighted by molar-refractivity contribution is -0.146. The van der Waals surface area contributed by atoms with Gasteiger partial charge in [-0.25, -0.2) is 0 Å². The third kappa shape index (κ3) is 5.19. The highest BCUT2D eigenvalue weighted by Gasteiger charge is 2.39. The lowest BCUT2D eigenvalue weighted by atomic mass is 9.91. The number of ether oxygens (including phenoxy) is 1. The van der Waals surface area contributed by atoms with Crippen LogP contribution in [0.15, 0.2) is 53.5 Å². The van der Waals surface area contributed by atoms with E-state index in [-0.39, 0.29) is 23.9 Å². The van der Waals surface area contributed by atoms with Crippen LogP contribution in [0.25, 0.3) is 0 Å². The number of rotatable bonds is 6. The molecule has 2 heterocycles. The Bertz CT molecular complexity index is 799. The first-order chi connectivity index (χ1) is 12.6. The normalized spacial score (nSPS) is 15.6. The molecule has 1 aromatic carbocycles. The second-order valence-electron chi connectivity index (χ2n) is 6.61. The van der Waals surface area contributed by atoms with Gasteiger partial charge in [0, 0.05) is 25.9 Å². The second kappa shape index (κ2) is 9.69. The number of carbonyl (C=O) groups is 1. The summed E-state index contributed by atoms with van der Waals surface area (Å²) in [6, 6.07) is 13.1. The average Bonchev–Trinajstić information content (AvgIpc) is 2.69. The lowest BCUT2D eigenvalue weighted by Crippen LogP contribution is -2.53. The first-order valence-electron chi connectivity index (χ1n) is 8.90. The van der Waals surface area contributed by atoms with E-state index in [0.717, 1.165) is 24.2 Å². The fraction of sp³-hybridized carbons (Fsp3) is 0.400. The van der Waals surface area contributed by atoms with E-state index in [1.165, 1.54) is 0 Å². The molecular formula is C20H26ClN3O3. The van der Waals surface area contributed by atoms with E-state index < -0.39 is 5.60 Å². The van der Waals surface area contributed by atoms with Crippen LogP contribution in [-0.4, -0.2) is 36.3 Å². The monoisotopic (exact) mass is 391 g/mol. The zero-order chi connectivity index (χ0) is 18.4. The van der Waals surface area contributed by atoms with Crippen molar-refractivity contribution >= 4 is 18.3 Å². The number of benzene rings is 1. The third-order valence-electron chi connectivity index (χ3n) is 4.94. The topological polar surface area (TPSA) is 72.4 Å². The SMILES string of the molecule is COC1(C(=O)NCc2ccc(Cn3ccccc3=O)cc2)CCNCC1.Cl. The zero-order valence-electron chi connectivity index (χ0n) is 15.4. The van der Waals surface area contributed by atoms with Gasteiger partial charge in [-0.2, -0.15) is 0 Å². The number of nitrogens with zero attached hydrogens (tertiary/aromatic N) is 1. The van der Waals surface area contributed by atoms with Gasteiger partial charge in [0.15, 0.2) is 0 Å². The Hall–Kier alpha value is -2.15. The zero-order valence-corrected chi connectivity index (χ0v) is 16.3. The Morgan fingerprint density at radius 2 is 1.81 bits per heavy atom. The van der Waals surface area contributed by atoms with Crippen molar-refractivity contribution in [2.24, 2.45) is 0 Å². The summed E-state index contributed by atoms with van der Waals surface area (Å²) in [6.07, 6.45) is 3.14. The summed E-state index contributed by atoms with van der Waals surface area (Å²) >= 11 is 0. The molecule has 146 valence electrons. The predicted molar refractivity (Wildman–Crippen MR) is 107 cm³/mol. The fourth-order valence-corrected chi connectivity index (χ4v) is 3.25. The van der Waals surface area contributed by atoms with E-state index >= 15 is 0 Å². The maximum Gasteiger partial charge on any atom is 0.252 e. The van der Waals surface area contributed by atoms with Gasteiger partial charge in [-0.1, -0.05) is 30.3 Å². The highest BCUT2D eigenvalue weighted by Crippen LogP contribution is 2.22. The van der Waals surface area contributed by atoms with Gasteiger partial charge >= 0.3 is 0 Å².